The summed E-state index contributed by atoms with van der Waals surface area (Å²) in [4.78, 5) is 47.0. The van der Waals surface area contributed by atoms with Gasteiger partial charge in [-0.1, -0.05) is 36.4 Å². The van der Waals surface area contributed by atoms with Crippen molar-refractivity contribution in [2.75, 3.05) is 10.6 Å². The van der Waals surface area contributed by atoms with Crippen LogP contribution in [0, 0.1) is 17.0 Å². The van der Waals surface area contributed by atoms with Crippen molar-refractivity contribution in [3.05, 3.63) is 106 Å². The number of benzene rings is 3. The van der Waals surface area contributed by atoms with E-state index in [4.69, 9.17) is 5.11 Å². The van der Waals surface area contributed by atoms with Crippen molar-refractivity contribution < 1.29 is 24.4 Å². The number of amides is 2. The molecule has 0 aliphatic carbocycles. The minimum Gasteiger partial charge on any atom is -0.478 e. The van der Waals surface area contributed by atoms with Crippen molar-refractivity contribution in [3.63, 3.8) is 0 Å². The summed E-state index contributed by atoms with van der Waals surface area (Å²) in [6.07, 6.45) is 1.65. The smallest absolute Gasteiger partial charge is 0.328 e. The Hall–Kier alpha value is -4.44. The van der Waals surface area contributed by atoms with Gasteiger partial charge in [-0.25, -0.2) is 4.79 Å². The highest BCUT2D eigenvalue weighted by molar-refractivity contribution is 8.00. The second kappa shape index (κ2) is 11.6. The Morgan fingerprint density at radius 2 is 1.71 bits per heavy atom. The van der Waals surface area contributed by atoms with E-state index in [2.05, 4.69) is 10.6 Å². The molecule has 0 heterocycles. The SMILES string of the molecule is Cc1cc([N+](=O)[O-])ccc1NC(=O)C(Sc1cccc(NC(=O)/C=C/C(=O)O)c1)c1ccccc1. The molecule has 0 aliphatic rings. The molecule has 2 amide bonds. The molecular formula is C25H21N3O6S. The van der Waals surface area contributed by atoms with Gasteiger partial charge in [-0.05, 0) is 42.3 Å². The Morgan fingerprint density at radius 3 is 2.37 bits per heavy atom. The minimum absolute atomic E-state index is 0.0634. The lowest BCUT2D eigenvalue weighted by Gasteiger charge is -2.18. The molecule has 0 spiro atoms. The highest BCUT2D eigenvalue weighted by Gasteiger charge is 2.23. The molecule has 1 unspecified atom stereocenters. The fourth-order valence-corrected chi connectivity index (χ4v) is 4.20. The first kappa shape index (κ1) is 25.2. The first-order valence-electron chi connectivity index (χ1n) is 10.3. The lowest BCUT2D eigenvalue weighted by atomic mass is 10.1. The van der Waals surface area contributed by atoms with Crippen LogP contribution in [0.4, 0.5) is 17.1 Å². The summed E-state index contributed by atoms with van der Waals surface area (Å²) in [6.45, 7) is 1.68. The molecule has 1 atom stereocenters. The predicted molar refractivity (Wildman–Crippen MR) is 133 cm³/mol. The Kier molecular flexibility index (Phi) is 8.36. The molecule has 3 aromatic carbocycles. The van der Waals surface area contributed by atoms with E-state index in [1.165, 1.54) is 30.0 Å². The second-order valence-corrected chi connectivity index (χ2v) is 8.52. The lowest BCUT2D eigenvalue weighted by molar-refractivity contribution is -0.384. The number of nitro groups is 1. The van der Waals surface area contributed by atoms with Gasteiger partial charge < -0.3 is 15.7 Å². The van der Waals surface area contributed by atoms with Crippen LogP contribution in [0.15, 0.2) is 89.8 Å². The summed E-state index contributed by atoms with van der Waals surface area (Å²) < 4.78 is 0. The zero-order chi connectivity index (χ0) is 25.4. The topological polar surface area (TPSA) is 139 Å². The third-order valence-corrected chi connectivity index (χ3v) is 6.00. The molecule has 0 fully saturated rings. The zero-order valence-electron chi connectivity index (χ0n) is 18.5. The maximum Gasteiger partial charge on any atom is 0.328 e. The van der Waals surface area contributed by atoms with Crippen LogP contribution < -0.4 is 10.6 Å². The molecule has 0 aliphatic heterocycles. The number of carbonyl (C=O) groups is 3. The zero-order valence-corrected chi connectivity index (χ0v) is 19.3. The Labute approximate surface area is 205 Å². The maximum atomic E-state index is 13.3. The number of hydrogen-bond acceptors (Lipinski definition) is 6. The number of nitrogens with zero attached hydrogens (tertiary/aromatic N) is 1. The molecule has 9 nitrogen and oxygen atoms in total. The molecule has 3 aromatic rings. The summed E-state index contributed by atoms with van der Waals surface area (Å²) in [5.41, 5.74) is 2.14. The molecule has 3 N–H and O–H groups in total. The van der Waals surface area contributed by atoms with E-state index >= 15 is 0 Å². The Bertz CT molecular complexity index is 1290. The minimum atomic E-state index is -1.23. The van der Waals surface area contributed by atoms with Crippen molar-refractivity contribution >= 4 is 46.6 Å². The van der Waals surface area contributed by atoms with E-state index in [0.717, 1.165) is 17.7 Å². The van der Waals surface area contributed by atoms with Gasteiger partial charge in [-0.2, -0.15) is 0 Å². The van der Waals surface area contributed by atoms with Gasteiger partial charge in [0.2, 0.25) is 11.8 Å². The number of aryl methyl sites for hydroxylation is 1. The molecule has 35 heavy (non-hydrogen) atoms. The number of rotatable bonds is 9. The number of carbonyl (C=O) groups excluding carboxylic acids is 2. The van der Waals surface area contributed by atoms with Crippen LogP contribution in [0.2, 0.25) is 0 Å². The summed E-state index contributed by atoms with van der Waals surface area (Å²) in [6, 6.07) is 20.2. The molecule has 3 rings (SSSR count). The normalized spacial score (nSPS) is 11.6. The number of hydrogen-bond donors (Lipinski definition) is 3. The van der Waals surface area contributed by atoms with Crippen LogP contribution >= 0.6 is 11.8 Å². The highest BCUT2D eigenvalue weighted by atomic mass is 32.2. The van der Waals surface area contributed by atoms with Crippen LogP contribution in [0.5, 0.6) is 0 Å². The molecule has 0 bridgehead atoms. The first-order chi connectivity index (χ1) is 16.7. The summed E-state index contributed by atoms with van der Waals surface area (Å²) in [5, 5.41) is 24.4. The van der Waals surface area contributed by atoms with E-state index in [9.17, 15) is 24.5 Å². The van der Waals surface area contributed by atoms with Gasteiger partial charge in [0, 0.05) is 40.6 Å². The Balaban J connectivity index is 1.83. The van der Waals surface area contributed by atoms with Crippen LogP contribution in [0.25, 0.3) is 0 Å². The van der Waals surface area contributed by atoms with Crippen molar-refractivity contribution in [1.29, 1.82) is 0 Å². The Morgan fingerprint density at radius 1 is 0.971 bits per heavy atom. The second-order valence-electron chi connectivity index (χ2n) is 7.34. The lowest BCUT2D eigenvalue weighted by Crippen LogP contribution is -2.19. The molecule has 0 saturated heterocycles. The fraction of sp³-hybridized carbons (Fsp3) is 0.0800. The van der Waals surface area contributed by atoms with E-state index in [1.54, 1.807) is 31.2 Å². The van der Waals surface area contributed by atoms with E-state index in [-0.39, 0.29) is 11.6 Å². The van der Waals surface area contributed by atoms with E-state index in [0.29, 0.717) is 21.8 Å². The number of non-ortho nitro benzene ring substituents is 1. The summed E-state index contributed by atoms with van der Waals surface area (Å²) in [7, 11) is 0. The maximum absolute atomic E-state index is 13.3. The number of carboxylic acids is 1. The van der Waals surface area contributed by atoms with Crippen LogP contribution in [0.1, 0.15) is 16.4 Å². The van der Waals surface area contributed by atoms with Crippen LogP contribution in [-0.4, -0.2) is 27.8 Å². The third-order valence-electron chi connectivity index (χ3n) is 4.75. The molecule has 10 heteroatoms. The van der Waals surface area contributed by atoms with Gasteiger partial charge in [-0.15, -0.1) is 11.8 Å². The first-order valence-corrected chi connectivity index (χ1v) is 11.2. The average molecular weight is 492 g/mol. The highest BCUT2D eigenvalue weighted by Crippen LogP contribution is 2.37. The van der Waals surface area contributed by atoms with Gasteiger partial charge >= 0.3 is 5.97 Å². The number of carboxylic acid groups (broad SMARTS) is 1. The van der Waals surface area contributed by atoms with Crippen molar-refractivity contribution in [2.24, 2.45) is 0 Å². The molecular weight excluding hydrogens is 470 g/mol. The van der Waals surface area contributed by atoms with Gasteiger partial charge in [0.05, 0.1) is 4.92 Å². The van der Waals surface area contributed by atoms with E-state index < -0.39 is 22.0 Å². The molecule has 0 aromatic heterocycles. The average Bonchev–Trinajstić information content (AvgIpc) is 2.83. The number of nitro benzene ring substituents is 1. The van der Waals surface area contributed by atoms with Crippen molar-refractivity contribution in [2.45, 2.75) is 17.1 Å². The monoisotopic (exact) mass is 491 g/mol. The summed E-state index contributed by atoms with van der Waals surface area (Å²) in [5.74, 6) is -2.15. The molecule has 0 radical (unpaired) electrons. The standard InChI is InChI=1S/C25H21N3O6S/c1-16-14-19(28(33)34)10-11-21(16)27-25(32)24(17-6-3-2-4-7-17)35-20-9-5-8-18(15-20)26-22(29)12-13-23(30)31/h2-15,24H,1H3,(H,26,29)(H,27,32)(H,30,31)/b13-12+. The van der Waals surface area contributed by atoms with Gasteiger partial charge in [-0.3, -0.25) is 19.7 Å². The van der Waals surface area contributed by atoms with Crippen LogP contribution in [-0.2, 0) is 14.4 Å². The number of anilines is 2. The van der Waals surface area contributed by atoms with Gasteiger partial charge in [0.15, 0.2) is 0 Å². The van der Waals surface area contributed by atoms with Gasteiger partial charge in [0.1, 0.15) is 5.25 Å². The number of nitrogens with one attached hydrogen (secondary N) is 2. The third kappa shape index (κ3) is 7.27. The largest absolute Gasteiger partial charge is 0.478 e. The predicted octanol–water partition coefficient (Wildman–Crippen LogP) is 4.95. The summed E-state index contributed by atoms with van der Waals surface area (Å²) >= 11 is 1.26. The van der Waals surface area contributed by atoms with Crippen molar-refractivity contribution in [3.8, 4) is 0 Å². The van der Waals surface area contributed by atoms with Crippen molar-refractivity contribution in [1.82, 2.24) is 0 Å². The van der Waals surface area contributed by atoms with E-state index in [1.807, 2.05) is 30.3 Å². The molecule has 0 saturated carbocycles. The number of thioether (sulfide) groups is 1. The fourth-order valence-electron chi connectivity index (χ4n) is 3.11. The number of aliphatic carboxylic acids is 1. The quantitative estimate of drug-likeness (QED) is 0.166. The van der Waals surface area contributed by atoms with Crippen LogP contribution in [0.3, 0.4) is 0 Å². The molecule has 178 valence electrons. The van der Waals surface area contributed by atoms with Gasteiger partial charge in [0.25, 0.3) is 5.69 Å².